The van der Waals surface area contributed by atoms with E-state index in [4.69, 9.17) is 0 Å². The van der Waals surface area contributed by atoms with E-state index < -0.39 is 0 Å². The fourth-order valence-electron chi connectivity index (χ4n) is 2.76. The van der Waals surface area contributed by atoms with Gasteiger partial charge in [0.2, 0.25) is 0 Å². The van der Waals surface area contributed by atoms with Crippen molar-refractivity contribution in [3.05, 3.63) is 51.4 Å². The van der Waals surface area contributed by atoms with Crippen molar-refractivity contribution in [2.45, 2.75) is 37.8 Å². The predicted octanol–water partition coefficient (Wildman–Crippen LogP) is 0.922. The first-order valence-corrected chi connectivity index (χ1v) is 7.08. The molecule has 1 fully saturated rings. The first kappa shape index (κ1) is 13.5. The van der Waals surface area contributed by atoms with Crippen molar-refractivity contribution < 1.29 is 0 Å². The van der Waals surface area contributed by atoms with Crippen molar-refractivity contribution in [2.75, 3.05) is 5.32 Å². The minimum Gasteiger partial charge on any atom is -0.363 e. The highest BCUT2D eigenvalue weighted by Gasteiger charge is 2.24. The third kappa shape index (κ3) is 3.01. The van der Waals surface area contributed by atoms with E-state index >= 15 is 0 Å². The Morgan fingerprint density at radius 2 is 2.00 bits per heavy atom. The van der Waals surface area contributed by atoms with Crippen LogP contribution in [0, 0.1) is 0 Å². The summed E-state index contributed by atoms with van der Waals surface area (Å²) in [7, 11) is 0. The second-order valence-electron chi connectivity index (χ2n) is 5.22. The smallest absolute Gasteiger partial charge is 0.290 e. The molecule has 0 saturated heterocycles. The highest BCUT2D eigenvalue weighted by Crippen LogP contribution is 2.27. The molecule has 0 radical (unpaired) electrons. The summed E-state index contributed by atoms with van der Waals surface area (Å²) in [5.41, 5.74) is -0.268. The van der Waals surface area contributed by atoms with E-state index in [1.54, 1.807) is 23.1 Å². The average Bonchev–Trinajstić information content (AvgIpc) is 2.51. The second kappa shape index (κ2) is 5.90. The van der Waals surface area contributed by atoms with Crippen LogP contribution in [0.5, 0.6) is 0 Å². The lowest BCUT2D eigenvalue weighted by Gasteiger charge is -2.29. The molecule has 0 unspecified atom stereocenters. The Labute approximate surface area is 121 Å². The summed E-state index contributed by atoms with van der Waals surface area (Å²) in [6.45, 7) is 0. The number of nitrogens with one attached hydrogen (secondary N) is 2. The molecule has 7 nitrogen and oxygen atoms in total. The van der Waals surface area contributed by atoms with Gasteiger partial charge < -0.3 is 10.3 Å². The van der Waals surface area contributed by atoms with Gasteiger partial charge in [0, 0.05) is 30.7 Å². The Hall–Kier alpha value is -2.44. The summed E-state index contributed by atoms with van der Waals surface area (Å²) in [6, 6.07) is 3.53. The van der Waals surface area contributed by atoms with E-state index in [0.717, 1.165) is 25.7 Å². The minimum absolute atomic E-state index is 0.0601. The summed E-state index contributed by atoms with van der Waals surface area (Å²) in [6.07, 6.45) is 8.19. The number of aromatic amines is 1. The number of aromatic nitrogens is 4. The number of hydrogen-bond acceptors (Lipinski definition) is 5. The first-order chi connectivity index (χ1) is 10.2. The third-order valence-electron chi connectivity index (χ3n) is 3.83. The van der Waals surface area contributed by atoms with Crippen molar-refractivity contribution in [3.63, 3.8) is 0 Å². The van der Waals surface area contributed by atoms with E-state index in [2.05, 4.69) is 20.4 Å². The SMILES string of the molecule is O=c1[nH]ccnc1NC1CCC(n2ncccc2=O)CC1. The fourth-order valence-corrected chi connectivity index (χ4v) is 2.76. The molecular formula is C14H17N5O2. The summed E-state index contributed by atoms with van der Waals surface area (Å²) in [5.74, 6) is 0.357. The molecule has 2 aromatic rings. The van der Waals surface area contributed by atoms with Gasteiger partial charge in [0.15, 0.2) is 5.82 Å². The van der Waals surface area contributed by atoms with E-state index in [0.29, 0.717) is 5.82 Å². The predicted molar refractivity (Wildman–Crippen MR) is 78.3 cm³/mol. The number of rotatable bonds is 3. The van der Waals surface area contributed by atoms with Gasteiger partial charge in [-0.25, -0.2) is 9.67 Å². The molecule has 3 rings (SSSR count). The van der Waals surface area contributed by atoms with Gasteiger partial charge >= 0.3 is 0 Å². The van der Waals surface area contributed by atoms with Crippen molar-refractivity contribution in [1.82, 2.24) is 19.7 Å². The Kier molecular flexibility index (Phi) is 3.81. The van der Waals surface area contributed by atoms with Crippen LogP contribution in [0.25, 0.3) is 0 Å². The minimum atomic E-state index is -0.208. The Morgan fingerprint density at radius 1 is 1.19 bits per heavy atom. The van der Waals surface area contributed by atoms with E-state index in [-0.39, 0.29) is 23.2 Å². The van der Waals surface area contributed by atoms with Crippen LogP contribution in [-0.2, 0) is 0 Å². The van der Waals surface area contributed by atoms with Crippen LogP contribution in [0.3, 0.4) is 0 Å². The molecule has 2 aromatic heterocycles. The highest BCUT2D eigenvalue weighted by molar-refractivity contribution is 5.31. The maximum absolute atomic E-state index is 11.8. The molecule has 0 bridgehead atoms. The Balaban J connectivity index is 1.63. The van der Waals surface area contributed by atoms with E-state index in [9.17, 15) is 9.59 Å². The zero-order valence-corrected chi connectivity index (χ0v) is 11.5. The van der Waals surface area contributed by atoms with Gasteiger partial charge in [-0.3, -0.25) is 9.59 Å². The molecule has 7 heteroatoms. The van der Waals surface area contributed by atoms with Crippen LogP contribution < -0.4 is 16.4 Å². The van der Waals surface area contributed by atoms with Gasteiger partial charge in [-0.05, 0) is 31.7 Å². The topological polar surface area (TPSA) is 92.7 Å². The quantitative estimate of drug-likeness (QED) is 0.875. The van der Waals surface area contributed by atoms with Crippen molar-refractivity contribution in [1.29, 1.82) is 0 Å². The zero-order valence-electron chi connectivity index (χ0n) is 11.5. The standard InChI is InChI=1S/C14H17N5O2/c20-12-2-1-7-17-19(12)11-5-3-10(4-6-11)18-13-14(21)16-9-8-15-13/h1-2,7-11H,3-6H2,(H,15,18)(H,16,21). The summed E-state index contributed by atoms with van der Waals surface area (Å²) < 4.78 is 1.56. The molecule has 0 spiro atoms. The number of nitrogens with zero attached hydrogens (tertiary/aromatic N) is 3. The molecule has 1 aliphatic rings. The summed E-state index contributed by atoms with van der Waals surface area (Å²) in [4.78, 5) is 30.0. The molecule has 0 atom stereocenters. The van der Waals surface area contributed by atoms with Crippen LogP contribution in [0.4, 0.5) is 5.82 Å². The van der Waals surface area contributed by atoms with E-state index in [1.165, 1.54) is 12.3 Å². The van der Waals surface area contributed by atoms with Gasteiger partial charge in [0.05, 0.1) is 6.04 Å². The molecule has 0 amide bonds. The molecule has 110 valence electrons. The van der Waals surface area contributed by atoms with Crippen LogP contribution in [0.1, 0.15) is 31.7 Å². The number of H-pyrrole nitrogens is 1. The molecular weight excluding hydrogens is 270 g/mol. The molecule has 0 aromatic carbocycles. The summed E-state index contributed by atoms with van der Waals surface area (Å²) in [5, 5.41) is 7.31. The maximum atomic E-state index is 11.8. The second-order valence-corrected chi connectivity index (χ2v) is 5.22. The van der Waals surface area contributed by atoms with Gasteiger partial charge in [0.1, 0.15) is 0 Å². The van der Waals surface area contributed by atoms with Gasteiger partial charge in [-0.2, -0.15) is 5.10 Å². The lowest BCUT2D eigenvalue weighted by molar-refractivity contribution is 0.303. The van der Waals surface area contributed by atoms with Gasteiger partial charge in [-0.15, -0.1) is 0 Å². The number of hydrogen-bond donors (Lipinski definition) is 2. The van der Waals surface area contributed by atoms with Crippen LogP contribution in [-0.4, -0.2) is 25.8 Å². The lowest BCUT2D eigenvalue weighted by atomic mass is 9.91. The van der Waals surface area contributed by atoms with E-state index in [1.807, 2.05) is 0 Å². The number of anilines is 1. The van der Waals surface area contributed by atoms with Crippen LogP contribution in [0.2, 0.25) is 0 Å². The Morgan fingerprint density at radius 3 is 2.71 bits per heavy atom. The first-order valence-electron chi connectivity index (χ1n) is 7.08. The average molecular weight is 287 g/mol. The summed E-state index contributed by atoms with van der Waals surface area (Å²) >= 11 is 0. The monoisotopic (exact) mass is 287 g/mol. The molecule has 21 heavy (non-hydrogen) atoms. The third-order valence-corrected chi connectivity index (χ3v) is 3.83. The fraction of sp³-hybridized carbons (Fsp3) is 0.429. The highest BCUT2D eigenvalue weighted by atomic mass is 16.1. The molecule has 1 aliphatic carbocycles. The molecule has 2 heterocycles. The van der Waals surface area contributed by atoms with Crippen molar-refractivity contribution in [2.24, 2.45) is 0 Å². The van der Waals surface area contributed by atoms with Crippen LogP contribution in [0.15, 0.2) is 40.3 Å². The largest absolute Gasteiger partial charge is 0.363 e. The molecule has 0 aliphatic heterocycles. The molecule has 1 saturated carbocycles. The zero-order chi connectivity index (χ0) is 14.7. The van der Waals surface area contributed by atoms with Crippen molar-refractivity contribution >= 4 is 5.82 Å². The molecule has 2 N–H and O–H groups in total. The van der Waals surface area contributed by atoms with Crippen LogP contribution >= 0.6 is 0 Å². The lowest BCUT2D eigenvalue weighted by Crippen LogP contribution is -2.34. The maximum Gasteiger partial charge on any atom is 0.290 e. The van der Waals surface area contributed by atoms with Gasteiger partial charge in [0.25, 0.3) is 11.1 Å². The normalized spacial score (nSPS) is 21.9. The Bertz CT molecular complexity index is 715. The van der Waals surface area contributed by atoms with Gasteiger partial charge in [-0.1, -0.05) is 0 Å². The van der Waals surface area contributed by atoms with Crippen molar-refractivity contribution in [3.8, 4) is 0 Å².